The average Bonchev–Trinajstić information content (AvgIpc) is 2.41. The van der Waals surface area contributed by atoms with Crippen molar-refractivity contribution in [3.8, 4) is 0 Å². The first-order valence-corrected chi connectivity index (χ1v) is 8.76. The van der Waals surface area contributed by atoms with Crippen molar-refractivity contribution >= 4 is 26.0 Å². The van der Waals surface area contributed by atoms with Crippen LogP contribution >= 0.6 is 15.9 Å². The lowest BCUT2D eigenvalue weighted by atomic mass is 10.2. The molecule has 1 heterocycles. The topological polar surface area (TPSA) is 46.6 Å². The molecule has 0 spiro atoms. The van der Waals surface area contributed by atoms with Crippen molar-refractivity contribution in [1.82, 2.24) is 4.31 Å². The molecule has 1 aromatic rings. The van der Waals surface area contributed by atoms with Gasteiger partial charge in [-0.3, -0.25) is 0 Å². The molecule has 0 saturated carbocycles. The summed E-state index contributed by atoms with van der Waals surface area (Å²) >= 11 is 3.36. The number of morpholine rings is 1. The number of benzene rings is 1. The van der Waals surface area contributed by atoms with Gasteiger partial charge < -0.3 is 4.74 Å². The normalized spacial score (nSPS) is 21.5. The third-order valence-electron chi connectivity index (χ3n) is 3.28. The summed E-state index contributed by atoms with van der Waals surface area (Å²) in [5.74, 6) is 0. The minimum absolute atomic E-state index is 0.140. The van der Waals surface area contributed by atoms with Crippen LogP contribution in [0.15, 0.2) is 23.1 Å². The third-order valence-corrected chi connectivity index (χ3v) is 6.12. The smallest absolute Gasteiger partial charge is 0.243 e. The van der Waals surface area contributed by atoms with Crippen molar-refractivity contribution in [2.24, 2.45) is 0 Å². The van der Waals surface area contributed by atoms with E-state index in [1.54, 1.807) is 10.4 Å². The summed E-state index contributed by atoms with van der Waals surface area (Å²) in [4.78, 5) is 0.403. The van der Waals surface area contributed by atoms with E-state index in [1.807, 2.05) is 26.0 Å². The van der Waals surface area contributed by atoms with Crippen LogP contribution in [0.4, 0.5) is 0 Å². The molecule has 1 atom stereocenters. The van der Waals surface area contributed by atoms with Crippen molar-refractivity contribution in [3.63, 3.8) is 0 Å². The Bertz CT molecular complexity index is 559. The van der Waals surface area contributed by atoms with Gasteiger partial charge in [0.05, 0.1) is 24.2 Å². The molecule has 1 aliphatic rings. The van der Waals surface area contributed by atoms with Crippen LogP contribution < -0.4 is 0 Å². The zero-order chi connectivity index (χ0) is 14.0. The fourth-order valence-corrected chi connectivity index (χ4v) is 4.82. The fourth-order valence-electron chi connectivity index (χ4n) is 2.19. The number of sulfonamides is 1. The molecule has 0 aliphatic carbocycles. The predicted octanol–water partition coefficient (Wildman–Crippen LogP) is 2.09. The van der Waals surface area contributed by atoms with Gasteiger partial charge in [0.2, 0.25) is 10.0 Å². The number of nitrogens with zero attached hydrogens (tertiary/aromatic N) is 1. The van der Waals surface area contributed by atoms with Crippen LogP contribution in [0.5, 0.6) is 0 Å². The molecular formula is C13H18BrNO3S. The number of alkyl halides is 1. The Morgan fingerprint density at radius 1 is 1.42 bits per heavy atom. The molecular weight excluding hydrogens is 330 g/mol. The van der Waals surface area contributed by atoms with E-state index in [9.17, 15) is 8.42 Å². The standard InChI is InChI=1S/C13H18BrNO3S/c1-10-3-4-11(2)13(7-10)19(16,17)15-5-6-18-9-12(15)8-14/h3-4,7,12H,5-6,8-9H2,1-2H3. The Labute approximate surface area is 122 Å². The zero-order valence-electron chi connectivity index (χ0n) is 11.1. The maximum atomic E-state index is 12.8. The summed E-state index contributed by atoms with van der Waals surface area (Å²) in [6, 6.07) is 5.38. The molecule has 4 nitrogen and oxygen atoms in total. The van der Waals surface area contributed by atoms with Gasteiger partial charge in [0.25, 0.3) is 0 Å². The fraction of sp³-hybridized carbons (Fsp3) is 0.538. The van der Waals surface area contributed by atoms with Crippen LogP contribution in [0.25, 0.3) is 0 Å². The zero-order valence-corrected chi connectivity index (χ0v) is 13.5. The highest BCUT2D eigenvalue weighted by Crippen LogP contribution is 2.25. The monoisotopic (exact) mass is 347 g/mol. The first-order chi connectivity index (χ1) is 8.96. The van der Waals surface area contributed by atoms with E-state index in [2.05, 4.69) is 15.9 Å². The van der Waals surface area contributed by atoms with Crippen LogP contribution in [0, 0.1) is 13.8 Å². The van der Waals surface area contributed by atoms with Crippen molar-refractivity contribution in [2.75, 3.05) is 25.1 Å². The van der Waals surface area contributed by atoms with Crippen molar-refractivity contribution < 1.29 is 13.2 Å². The Morgan fingerprint density at radius 2 is 2.16 bits per heavy atom. The SMILES string of the molecule is Cc1ccc(C)c(S(=O)(=O)N2CCOCC2CBr)c1. The van der Waals surface area contributed by atoms with Gasteiger partial charge in [-0.2, -0.15) is 4.31 Å². The highest BCUT2D eigenvalue weighted by atomic mass is 79.9. The molecule has 0 aromatic heterocycles. The Kier molecular flexibility index (Phi) is 4.66. The second-order valence-electron chi connectivity index (χ2n) is 4.77. The van der Waals surface area contributed by atoms with Crippen LogP contribution in [0.1, 0.15) is 11.1 Å². The van der Waals surface area contributed by atoms with Crippen LogP contribution in [0.2, 0.25) is 0 Å². The molecule has 106 valence electrons. The summed E-state index contributed by atoms with van der Waals surface area (Å²) in [6.07, 6.45) is 0. The molecule has 1 saturated heterocycles. The lowest BCUT2D eigenvalue weighted by Crippen LogP contribution is -2.49. The summed E-state index contributed by atoms with van der Waals surface area (Å²) in [6.45, 7) is 5.03. The number of halogens is 1. The Morgan fingerprint density at radius 3 is 2.84 bits per heavy atom. The van der Waals surface area contributed by atoms with Crippen LogP contribution in [0.3, 0.4) is 0 Å². The summed E-state index contributed by atoms with van der Waals surface area (Å²) in [5, 5.41) is 0.580. The minimum atomic E-state index is -3.45. The van der Waals surface area contributed by atoms with Gasteiger partial charge >= 0.3 is 0 Å². The summed E-state index contributed by atoms with van der Waals surface area (Å²) < 4.78 is 32.5. The van der Waals surface area contributed by atoms with Crippen molar-refractivity contribution in [1.29, 1.82) is 0 Å². The lowest BCUT2D eigenvalue weighted by molar-refractivity contribution is 0.0413. The van der Waals surface area contributed by atoms with Gasteiger partial charge in [-0.05, 0) is 31.0 Å². The second kappa shape index (κ2) is 5.91. The molecule has 2 rings (SSSR count). The third kappa shape index (κ3) is 3.02. The van der Waals surface area contributed by atoms with Gasteiger partial charge in [0.1, 0.15) is 0 Å². The Hall–Kier alpha value is -0.430. The van der Waals surface area contributed by atoms with E-state index in [-0.39, 0.29) is 6.04 Å². The van der Waals surface area contributed by atoms with Gasteiger partial charge in [-0.1, -0.05) is 28.1 Å². The van der Waals surface area contributed by atoms with Gasteiger partial charge in [-0.15, -0.1) is 0 Å². The quantitative estimate of drug-likeness (QED) is 0.786. The van der Waals surface area contributed by atoms with Gasteiger partial charge in [0.15, 0.2) is 0 Å². The largest absolute Gasteiger partial charge is 0.378 e. The number of hydrogen-bond acceptors (Lipinski definition) is 3. The number of rotatable bonds is 3. The average molecular weight is 348 g/mol. The summed E-state index contributed by atoms with van der Waals surface area (Å²) in [5.41, 5.74) is 1.73. The molecule has 1 aromatic carbocycles. The maximum Gasteiger partial charge on any atom is 0.243 e. The Balaban J connectivity index is 2.43. The molecule has 0 bridgehead atoms. The highest BCUT2D eigenvalue weighted by molar-refractivity contribution is 9.09. The van der Waals surface area contributed by atoms with Crippen LogP contribution in [-0.2, 0) is 14.8 Å². The molecule has 0 radical (unpaired) electrons. The van der Waals surface area contributed by atoms with Crippen molar-refractivity contribution in [2.45, 2.75) is 24.8 Å². The van der Waals surface area contributed by atoms with Gasteiger partial charge in [-0.25, -0.2) is 8.42 Å². The van der Waals surface area contributed by atoms with E-state index in [0.717, 1.165) is 11.1 Å². The predicted molar refractivity (Wildman–Crippen MR) is 78.2 cm³/mol. The molecule has 6 heteroatoms. The van der Waals surface area contributed by atoms with E-state index in [0.29, 0.717) is 30.0 Å². The van der Waals surface area contributed by atoms with Crippen LogP contribution in [-0.4, -0.2) is 43.9 Å². The minimum Gasteiger partial charge on any atom is -0.378 e. The van der Waals surface area contributed by atoms with E-state index >= 15 is 0 Å². The molecule has 1 aliphatic heterocycles. The maximum absolute atomic E-state index is 12.8. The lowest BCUT2D eigenvalue weighted by Gasteiger charge is -2.33. The molecule has 0 amide bonds. The number of aryl methyl sites for hydroxylation is 2. The van der Waals surface area contributed by atoms with E-state index in [1.165, 1.54) is 0 Å². The molecule has 0 N–H and O–H groups in total. The highest BCUT2D eigenvalue weighted by Gasteiger charge is 2.34. The van der Waals surface area contributed by atoms with Crippen molar-refractivity contribution in [3.05, 3.63) is 29.3 Å². The first kappa shape index (κ1) is 15.0. The second-order valence-corrected chi connectivity index (χ2v) is 7.27. The summed E-state index contributed by atoms with van der Waals surface area (Å²) in [7, 11) is -3.45. The van der Waals surface area contributed by atoms with E-state index in [4.69, 9.17) is 4.74 Å². The number of ether oxygens (including phenoxy) is 1. The first-order valence-electron chi connectivity index (χ1n) is 6.19. The molecule has 19 heavy (non-hydrogen) atoms. The van der Waals surface area contributed by atoms with E-state index < -0.39 is 10.0 Å². The molecule has 1 fully saturated rings. The number of hydrogen-bond donors (Lipinski definition) is 0. The van der Waals surface area contributed by atoms with Gasteiger partial charge in [0, 0.05) is 11.9 Å². The molecule has 1 unspecified atom stereocenters.